The van der Waals surface area contributed by atoms with E-state index < -0.39 is 0 Å². The molecule has 0 bridgehead atoms. The van der Waals surface area contributed by atoms with Crippen LogP contribution < -0.4 is 5.73 Å². The number of benzene rings is 1. The lowest BCUT2D eigenvalue weighted by molar-refractivity contribution is 1.43. The van der Waals surface area contributed by atoms with E-state index in [1.807, 2.05) is 31.2 Å². The van der Waals surface area contributed by atoms with Gasteiger partial charge in [-0.1, -0.05) is 24.8 Å². The summed E-state index contributed by atoms with van der Waals surface area (Å²) >= 11 is 0. The molecule has 0 saturated carbocycles. The Hall–Kier alpha value is -1.50. The summed E-state index contributed by atoms with van der Waals surface area (Å²) < 4.78 is 0. The van der Waals surface area contributed by atoms with E-state index >= 15 is 0 Å². The average molecular weight is 173 g/mol. The summed E-state index contributed by atoms with van der Waals surface area (Å²) in [4.78, 5) is 0. The van der Waals surface area contributed by atoms with Gasteiger partial charge in [0.25, 0.3) is 0 Å². The molecule has 0 atom stereocenters. The van der Waals surface area contributed by atoms with Crippen LogP contribution in [0.2, 0.25) is 0 Å². The van der Waals surface area contributed by atoms with Gasteiger partial charge in [0, 0.05) is 5.69 Å². The predicted molar refractivity (Wildman–Crippen MR) is 60.4 cm³/mol. The number of allylic oxidation sites excluding steroid dienone is 1. The zero-order chi connectivity index (χ0) is 9.84. The van der Waals surface area contributed by atoms with Crippen molar-refractivity contribution >= 4 is 17.8 Å². The standard InChI is InChI=1S/C12H15N/c1-4-6-12-9(3)7-11(13)8-10(12)5-2/h4-8H,2,13H2,1,3H3/b6-4-. The number of hydrogen-bond acceptors (Lipinski definition) is 1. The maximum absolute atomic E-state index is 5.73. The molecule has 68 valence electrons. The van der Waals surface area contributed by atoms with Crippen LogP contribution in [0.5, 0.6) is 0 Å². The lowest BCUT2D eigenvalue weighted by Crippen LogP contribution is -1.91. The van der Waals surface area contributed by atoms with Crippen molar-refractivity contribution in [1.82, 2.24) is 0 Å². The Kier molecular flexibility index (Phi) is 2.91. The Morgan fingerprint density at radius 2 is 2.08 bits per heavy atom. The summed E-state index contributed by atoms with van der Waals surface area (Å²) in [7, 11) is 0. The number of nitrogen functional groups attached to an aromatic ring is 1. The molecule has 0 aliphatic heterocycles. The van der Waals surface area contributed by atoms with Gasteiger partial charge in [-0.25, -0.2) is 0 Å². The minimum atomic E-state index is 0.792. The van der Waals surface area contributed by atoms with Gasteiger partial charge in [-0.05, 0) is 42.7 Å². The number of aryl methyl sites for hydroxylation is 1. The van der Waals surface area contributed by atoms with Gasteiger partial charge in [0.15, 0.2) is 0 Å². The number of rotatable bonds is 2. The maximum atomic E-state index is 5.73. The Morgan fingerprint density at radius 3 is 2.62 bits per heavy atom. The first-order chi connectivity index (χ1) is 6.19. The predicted octanol–water partition coefficient (Wildman–Crippen LogP) is 3.25. The molecule has 0 heterocycles. The minimum absolute atomic E-state index is 0.792. The molecule has 0 aliphatic rings. The van der Waals surface area contributed by atoms with E-state index in [-0.39, 0.29) is 0 Å². The van der Waals surface area contributed by atoms with E-state index in [0.29, 0.717) is 0 Å². The third-order valence-corrected chi connectivity index (χ3v) is 1.99. The molecule has 0 radical (unpaired) electrons. The topological polar surface area (TPSA) is 26.0 Å². The summed E-state index contributed by atoms with van der Waals surface area (Å²) in [6.07, 6.45) is 5.93. The van der Waals surface area contributed by atoms with Crippen LogP contribution in [0.25, 0.3) is 12.2 Å². The van der Waals surface area contributed by atoms with Gasteiger partial charge in [-0.3, -0.25) is 0 Å². The van der Waals surface area contributed by atoms with E-state index in [1.54, 1.807) is 0 Å². The zero-order valence-corrected chi connectivity index (χ0v) is 8.17. The van der Waals surface area contributed by atoms with Crippen molar-refractivity contribution in [2.75, 3.05) is 5.73 Å². The summed E-state index contributed by atoms with van der Waals surface area (Å²) in [6.45, 7) is 7.82. The third kappa shape index (κ3) is 2.00. The molecule has 2 N–H and O–H groups in total. The highest BCUT2D eigenvalue weighted by Gasteiger charge is 2.00. The molecular formula is C12H15N. The van der Waals surface area contributed by atoms with E-state index in [2.05, 4.69) is 19.6 Å². The van der Waals surface area contributed by atoms with Crippen LogP contribution >= 0.6 is 0 Å². The first kappa shape index (κ1) is 9.59. The van der Waals surface area contributed by atoms with Crippen LogP contribution in [-0.2, 0) is 0 Å². The molecule has 13 heavy (non-hydrogen) atoms. The molecule has 0 aromatic heterocycles. The highest BCUT2D eigenvalue weighted by Crippen LogP contribution is 2.21. The quantitative estimate of drug-likeness (QED) is 0.682. The SMILES string of the molecule is C=Cc1cc(N)cc(C)c1/C=C\C. The molecule has 1 rings (SSSR count). The van der Waals surface area contributed by atoms with Gasteiger partial charge in [0.1, 0.15) is 0 Å². The fraction of sp³-hybridized carbons (Fsp3) is 0.167. The molecule has 0 unspecified atom stereocenters. The molecule has 1 heteroatoms. The highest BCUT2D eigenvalue weighted by molar-refractivity contribution is 5.70. The molecule has 1 aromatic rings. The molecule has 0 spiro atoms. The second-order valence-corrected chi connectivity index (χ2v) is 3.04. The van der Waals surface area contributed by atoms with Crippen LogP contribution in [0.3, 0.4) is 0 Å². The van der Waals surface area contributed by atoms with E-state index in [1.165, 1.54) is 11.1 Å². The summed E-state index contributed by atoms with van der Waals surface area (Å²) in [5.41, 5.74) is 10.0. The Labute approximate surface area is 79.6 Å². The zero-order valence-electron chi connectivity index (χ0n) is 8.17. The largest absolute Gasteiger partial charge is 0.399 e. The van der Waals surface area contributed by atoms with E-state index in [4.69, 9.17) is 5.73 Å². The fourth-order valence-corrected chi connectivity index (χ4v) is 1.42. The van der Waals surface area contributed by atoms with Gasteiger partial charge in [0.05, 0.1) is 0 Å². The van der Waals surface area contributed by atoms with E-state index in [9.17, 15) is 0 Å². The lowest BCUT2D eigenvalue weighted by atomic mass is 10.0. The summed E-state index contributed by atoms with van der Waals surface area (Å²) in [6, 6.07) is 3.91. The van der Waals surface area contributed by atoms with Crippen molar-refractivity contribution in [3.8, 4) is 0 Å². The van der Waals surface area contributed by atoms with Gasteiger partial charge in [0.2, 0.25) is 0 Å². The fourth-order valence-electron chi connectivity index (χ4n) is 1.42. The van der Waals surface area contributed by atoms with Crippen molar-refractivity contribution in [2.24, 2.45) is 0 Å². The number of anilines is 1. The van der Waals surface area contributed by atoms with Gasteiger partial charge in [-0.15, -0.1) is 0 Å². The minimum Gasteiger partial charge on any atom is -0.399 e. The maximum Gasteiger partial charge on any atom is 0.0323 e. The molecule has 0 saturated heterocycles. The Morgan fingerprint density at radius 1 is 1.38 bits per heavy atom. The summed E-state index contributed by atoms with van der Waals surface area (Å²) in [5, 5.41) is 0. The normalized spacial score (nSPS) is 10.6. The van der Waals surface area contributed by atoms with Crippen LogP contribution in [0.15, 0.2) is 24.8 Å². The molecule has 1 aromatic carbocycles. The monoisotopic (exact) mass is 173 g/mol. The van der Waals surface area contributed by atoms with Gasteiger partial charge < -0.3 is 5.73 Å². The van der Waals surface area contributed by atoms with Crippen molar-refractivity contribution < 1.29 is 0 Å². The summed E-state index contributed by atoms with van der Waals surface area (Å²) in [5.74, 6) is 0. The third-order valence-electron chi connectivity index (χ3n) is 1.99. The second-order valence-electron chi connectivity index (χ2n) is 3.04. The van der Waals surface area contributed by atoms with Crippen molar-refractivity contribution in [3.63, 3.8) is 0 Å². The first-order valence-electron chi connectivity index (χ1n) is 4.34. The molecular weight excluding hydrogens is 158 g/mol. The van der Waals surface area contributed by atoms with Crippen molar-refractivity contribution in [2.45, 2.75) is 13.8 Å². The molecule has 0 fully saturated rings. The van der Waals surface area contributed by atoms with Crippen LogP contribution in [0, 0.1) is 6.92 Å². The number of hydrogen-bond donors (Lipinski definition) is 1. The lowest BCUT2D eigenvalue weighted by Gasteiger charge is -2.06. The Balaban J connectivity index is 3.37. The average Bonchev–Trinajstić information content (AvgIpc) is 2.09. The van der Waals surface area contributed by atoms with Crippen molar-refractivity contribution in [3.05, 3.63) is 41.5 Å². The second kappa shape index (κ2) is 3.94. The Bertz CT molecular complexity index is 348. The highest BCUT2D eigenvalue weighted by atomic mass is 14.5. The van der Waals surface area contributed by atoms with Crippen LogP contribution in [0.4, 0.5) is 5.69 Å². The first-order valence-corrected chi connectivity index (χ1v) is 4.34. The molecule has 0 amide bonds. The van der Waals surface area contributed by atoms with Gasteiger partial charge >= 0.3 is 0 Å². The molecule has 1 nitrogen and oxygen atoms in total. The van der Waals surface area contributed by atoms with Crippen molar-refractivity contribution in [1.29, 1.82) is 0 Å². The smallest absolute Gasteiger partial charge is 0.0323 e. The van der Waals surface area contributed by atoms with Gasteiger partial charge in [-0.2, -0.15) is 0 Å². The van der Waals surface area contributed by atoms with E-state index in [0.717, 1.165) is 11.3 Å². The number of nitrogens with two attached hydrogens (primary N) is 1. The van der Waals surface area contributed by atoms with Crippen LogP contribution in [-0.4, -0.2) is 0 Å². The molecule has 0 aliphatic carbocycles. The van der Waals surface area contributed by atoms with Crippen LogP contribution in [0.1, 0.15) is 23.6 Å².